The second kappa shape index (κ2) is 5.43. The maximum atomic E-state index is 11.7. The van der Waals surface area contributed by atoms with Crippen molar-refractivity contribution in [2.24, 2.45) is 0 Å². The fourth-order valence-electron chi connectivity index (χ4n) is 3.64. The maximum absolute atomic E-state index is 11.7. The van der Waals surface area contributed by atoms with Gasteiger partial charge in [-0.15, -0.1) is 0 Å². The van der Waals surface area contributed by atoms with E-state index < -0.39 is 12.0 Å². The molecule has 2 atom stereocenters. The lowest BCUT2D eigenvalue weighted by Gasteiger charge is -2.45. The van der Waals surface area contributed by atoms with Crippen molar-refractivity contribution < 1.29 is 14.6 Å². The largest absolute Gasteiger partial charge is 0.480 e. The van der Waals surface area contributed by atoms with Gasteiger partial charge in [-0.2, -0.15) is 0 Å². The number of nitrogens with zero attached hydrogens (tertiary/aromatic N) is 1. The van der Waals surface area contributed by atoms with E-state index in [2.05, 4.69) is 30.9 Å². The number of benzene rings is 1. The summed E-state index contributed by atoms with van der Waals surface area (Å²) in [5.41, 5.74) is 2.27. The third kappa shape index (κ3) is 2.97. The van der Waals surface area contributed by atoms with Crippen molar-refractivity contribution in [2.75, 3.05) is 6.61 Å². The van der Waals surface area contributed by atoms with Crippen molar-refractivity contribution in [3.63, 3.8) is 0 Å². The average Bonchev–Trinajstić information content (AvgIpc) is 2.44. The molecule has 4 heteroatoms. The molecule has 3 rings (SSSR count). The Balaban J connectivity index is 1.87. The molecule has 114 valence electrons. The molecule has 0 bridgehead atoms. The van der Waals surface area contributed by atoms with Crippen molar-refractivity contribution in [1.29, 1.82) is 0 Å². The van der Waals surface area contributed by atoms with Gasteiger partial charge in [0.25, 0.3) is 0 Å². The first kappa shape index (κ1) is 14.5. The van der Waals surface area contributed by atoms with Gasteiger partial charge in [-0.3, -0.25) is 9.69 Å². The van der Waals surface area contributed by atoms with Crippen LogP contribution in [0.15, 0.2) is 24.3 Å². The van der Waals surface area contributed by atoms with E-state index in [1.165, 1.54) is 11.1 Å². The summed E-state index contributed by atoms with van der Waals surface area (Å²) in [7, 11) is 0. The first-order chi connectivity index (χ1) is 9.96. The van der Waals surface area contributed by atoms with E-state index in [-0.39, 0.29) is 11.6 Å². The number of rotatable bonds is 2. The summed E-state index contributed by atoms with van der Waals surface area (Å²) in [6.07, 6.45) is 2.40. The molecule has 21 heavy (non-hydrogen) atoms. The molecule has 1 aromatic rings. The molecule has 0 amide bonds. The summed E-state index contributed by atoms with van der Waals surface area (Å²) in [5.74, 6) is -0.714. The van der Waals surface area contributed by atoms with Gasteiger partial charge in [0.2, 0.25) is 0 Å². The normalized spacial score (nSPS) is 28.9. The first-order valence-electron chi connectivity index (χ1n) is 7.65. The first-order valence-corrected chi connectivity index (χ1v) is 7.65. The zero-order valence-electron chi connectivity index (χ0n) is 12.7. The van der Waals surface area contributed by atoms with Gasteiger partial charge in [0.05, 0.1) is 5.60 Å². The Bertz CT molecular complexity index is 541. The van der Waals surface area contributed by atoms with Crippen LogP contribution in [0.1, 0.15) is 37.8 Å². The molecule has 1 saturated heterocycles. The van der Waals surface area contributed by atoms with Crippen molar-refractivity contribution in [3.8, 4) is 0 Å². The highest BCUT2D eigenvalue weighted by Gasteiger charge is 2.39. The lowest BCUT2D eigenvalue weighted by Crippen LogP contribution is -2.54. The highest BCUT2D eigenvalue weighted by Crippen LogP contribution is 2.33. The van der Waals surface area contributed by atoms with E-state index in [1.807, 2.05) is 12.1 Å². The van der Waals surface area contributed by atoms with Crippen LogP contribution in [0.3, 0.4) is 0 Å². The van der Waals surface area contributed by atoms with Crippen LogP contribution in [-0.4, -0.2) is 40.3 Å². The van der Waals surface area contributed by atoms with E-state index in [1.54, 1.807) is 0 Å². The Labute approximate surface area is 125 Å². The Hall–Kier alpha value is -1.39. The number of carboxylic acid groups (broad SMARTS) is 1. The highest BCUT2D eigenvalue weighted by atomic mass is 16.5. The van der Waals surface area contributed by atoms with Crippen molar-refractivity contribution in [1.82, 2.24) is 4.90 Å². The van der Waals surface area contributed by atoms with Crippen LogP contribution in [0.4, 0.5) is 0 Å². The molecule has 0 aliphatic carbocycles. The van der Waals surface area contributed by atoms with Gasteiger partial charge in [0, 0.05) is 19.2 Å². The minimum atomic E-state index is -0.714. The fraction of sp³-hybridized carbons (Fsp3) is 0.588. The predicted molar refractivity (Wildman–Crippen MR) is 80.2 cm³/mol. The molecule has 1 fully saturated rings. The van der Waals surface area contributed by atoms with Crippen LogP contribution >= 0.6 is 0 Å². The zero-order chi connectivity index (χ0) is 15.0. The van der Waals surface area contributed by atoms with E-state index in [9.17, 15) is 9.90 Å². The summed E-state index contributed by atoms with van der Waals surface area (Å²) in [5, 5.41) is 9.62. The molecule has 1 N–H and O–H groups in total. The number of aliphatic carboxylic acids is 1. The molecule has 1 aromatic carbocycles. The minimum absolute atomic E-state index is 0.164. The van der Waals surface area contributed by atoms with Crippen LogP contribution in [-0.2, 0) is 22.5 Å². The van der Waals surface area contributed by atoms with E-state index in [4.69, 9.17) is 4.74 Å². The van der Waals surface area contributed by atoms with Crippen LogP contribution in [0, 0.1) is 0 Å². The molecule has 0 saturated carbocycles. The second-order valence-electron chi connectivity index (χ2n) is 6.75. The SMILES string of the molecule is CC1(C)CC(N2Cc3ccccc3CC2C(=O)O)CCO1. The van der Waals surface area contributed by atoms with Gasteiger partial charge in [-0.1, -0.05) is 24.3 Å². The van der Waals surface area contributed by atoms with E-state index in [0.29, 0.717) is 13.0 Å². The summed E-state index contributed by atoms with van der Waals surface area (Å²) >= 11 is 0. The second-order valence-corrected chi connectivity index (χ2v) is 6.75. The van der Waals surface area contributed by atoms with Crippen molar-refractivity contribution in [2.45, 2.75) is 57.3 Å². The van der Waals surface area contributed by atoms with Crippen molar-refractivity contribution >= 4 is 5.97 Å². The standard InChI is InChI=1S/C17H23NO3/c1-17(2)10-14(7-8-21-17)18-11-13-6-4-3-5-12(13)9-15(18)16(19)20/h3-6,14-15H,7-11H2,1-2H3,(H,19,20). The van der Waals surface area contributed by atoms with Gasteiger partial charge < -0.3 is 9.84 Å². The Morgan fingerprint density at radius 1 is 1.33 bits per heavy atom. The molecule has 0 radical (unpaired) electrons. The average molecular weight is 289 g/mol. The van der Waals surface area contributed by atoms with Crippen LogP contribution in [0.5, 0.6) is 0 Å². The molecule has 4 nitrogen and oxygen atoms in total. The predicted octanol–water partition coefficient (Wildman–Crippen LogP) is 2.46. The lowest BCUT2D eigenvalue weighted by molar-refractivity contribution is -0.149. The number of fused-ring (bicyclic) bond motifs is 1. The number of hydrogen-bond acceptors (Lipinski definition) is 3. The molecule has 0 aromatic heterocycles. The molecule has 2 aliphatic rings. The van der Waals surface area contributed by atoms with Gasteiger partial charge >= 0.3 is 5.97 Å². The third-order valence-electron chi connectivity index (χ3n) is 4.71. The Morgan fingerprint density at radius 3 is 2.71 bits per heavy atom. The van der Waals surface area contributed by atoms with E-state index >= 15 is 0 Å². The summed E-state index contributed by atoms with van der Waals surface area (Å²) < 4.78 is 5.78. The number of carboxylic acids is 1. The molecular weight excluding hydrogens is 266 g/mol. The highest BCUT2D eigenvalue weighted by molar-refractivity contribution is 5.74. The topological polar surface area (TPSA) is 49.8 Å². The van der Waals surface area contributed by atoms with Gasteiger partial charge in [0.15, 0.2) is 0 Å². The minimum Gasteiger partial charge on any atom is -0.480 e. The smallest absolute Gasteiger partial charge is 0.321 e. The lowest BCUT2D eigenvalue weighted by atomic mass is 9.87. The zero-order valence-corrected chi connectivity index (χ0v) is 12.7. The summed E-state index contributed by atoms with van der Waals surface area (Å²) in [6, 6.07) is 8.06. The van der Waals surface area contributed by atoms with Crippen molar-refractivity contribution in [3.05, 3.63) is 35.4 Å². The quantitative estimate of drug-likeness (QED) is 0.908. The molecule has 0 spiro atoms. The summed E-state index contributed by atoms with van der Waals surface area (Å²) in [6.45, 7) is 5.62. The molecule has 2 unspecified atom stereocenters. The van der Waals surface area contributed by atoms with Gasteiger partial charge in [-0.25, -0.2) is 0 Å². The van der Waals surface area contributed by atoms with Gasteiger partial charge in [0.1, 0.15) is 6.04 Å². The van der Waals surface area contributed by atoms with Gasteiger partial charge in [-0.05, 0) is 44.2 Å². The summed E-state index contributed by atoms with van der Waals surface area (Å²) in [4.78, 5) is 13.9. The fourth-order valence-corrected chi connectivity index (χ4v) is 3.64. The molecule has 2 heterocycles. The monoisotopic (exact) mass is 289 g/mol. The van der Waals surface area contributed by atoms with Crippen LogP contribution in [0.25, 0.3) is 0 Å². The van der Waals surface area contributed by atoms with Crippen LogP contribution in [0.2, 0.25) is 0 Å². The van der Waals surface area contributed by atoms with Crippen LogP contribution < -0.4 is 0 Å². The number of ether oxygens (including phenoxy) is 1. The number of hydrogen-bond donors (Lipinski definition) is 1. The molecule has 2 aliphatic heterocycles. The maximum Gasteiger partial charge on any atom is 0.321 e. The number of carbonyl (C=O) groups is 1. The van der Waals surface area contributed by atoms with E-state index in [0.717, 1.165) is 19.4 Å². The Morgan fingerprint density at radius 2 is 2.05 bits per heavy atom. The Kier molecular flexibility index (Phi) is 3.76. The third-order valence-corrected chi connectivity index (χ3v) is 4.71. The molecular formula is C17H23NO3.